The van der Waals surface area contributed by atoms with Gasteiger partial charge in [-0.25, -0.2) is 4.79 Å². The molecule has 28 heavy (non-hydrogen) atoms. The fraction of sp³-hybridized carbons (Fsp3) is 0.450. The molecule has 1 aliphatic rings. The number of nitrogen functional groups attached to an aromatic ring is 1. The van der Waals surface area contributed by atoms with Crippen molar-refractivity contribution in [3.8, 4) is 0 Å². The summed E-state index contributed by atoms with van der Waals surface area (Å²) in [5.41, 5.74) is 9.40. The van der Waals surface area contributed by atoms with Crippen molar-refractivity contribution in [2.75, 3.05) is 17.6 Å². The minimum absolute atomic E-state index is 0.282. The lowest BCUT2D eigenvalue weighted by atomic mass is 10.0. The largest absolute Gasteiger partial charge is 0.444 e. The zero-order chi connectivity index (χ0) is 20.6. The van der Waals surface area contributed by atoms with E-state index in [1.54, 1.807) is 22.7 Å². The van der Waals surface area contributed by atoms with Crippen LogP contribution in [0.25, 0.3) is 0 Å². The summed E-state index contributed by atoms with van der Waals surface area (Å²) in [7, 11) is 1.81. The molecule has 8 nitrogen and oxygen atoms in total. The molecular weight excluding hydrogens is 358 g/mol. The molecule has 0 bridgehead atoms. The Bertz CT molecular complexity index is 927. The number of aryl methyl sites for hydroxylation is 2. The number of nitrogens with zero attached hydrogens (tertiary/aromatic N) is 3. The van der Waals surface area contributed by atoms with E-state index in [1.807, 2.05) is 39.8 Å². The second-order valence-corrected chi connectivity index (χ2v) is 8.09. The lowest BCUT2D eigenvalue weighted by Crippen LogP contribution is -2.40. The standard InChI is InChI=1S/C20H27N5O3/c1-12-6-7-14(21)15(10-12)22-18(26)17-13-11-25(19(27)28-20(2,3)4)9-8-16(13)24(5)23-17/h6-7,10H,8-9,11,21H2,1-5H3,(H,22,26). The van der Waals surface area contributed by atoms with Crippen LogP contribution in [-0.2, 0) is 24.8 Å². The van der Waals surface area contributed by atoms with Gasteiger partial charge in [0.15, 0.2) is 5.69 Å². The summed E-state index contributed by atoms with van der Waals surface area (Å²) >= 11 is 0. The van der Waals surface area contributed by atoms with E-state index in [0.29, 0.717) is 30.0 Å². The molecule has 3 N–H and O–H groups in total. The van der Waals surface area contributed by atoms with Crippen LogP contribution < -0.4 is 11.1 Å². The van der Waals surface area contributed by atoms with Crippen LogP contribution in [0.5, 0.6) is 0 Å². The summed E-state index contributed by atoms with van der Waals surface area (Å²) in [6, 6.07) is 5.45. The molecule has 1 aromatic carbocycles. The van der Waals surface area contributed by atoms with Crippen LogP contribution in [0.3, 0.4) is 0 Å². The topological polar surface area (TPSA) is 102 Å². The van der Waals surface area contributed by atoms with Gasteiger partial charge in [-0.05, 0) is 45.4 Å². The number of anilines is 2. The molecule has 1 aliphatic heterocycles. The Balaban J connectivity index is 1.84. The number of aromatic nitrogens is 2. The lowest BCUT2D eigenvalue weighted by Gasteiger charge is -2.30. The van der Waals surface area contributed by atoms with Gasteiger partial charge in [-0.15, -0.1) is 0 Å². The molecule has 0 unspecified atom stereocenters. The molecule has 0 radical (unpaired) electrons. The molecule has 2 amide bonds. The predicted octanol–water partition coefficient (Wildman–Crippen LogP) is 2.86. The Morgan fingerprint density at radius 1 is 1.29 bits per heavy atom. The van der Waals surface area contributed by atoms with Crippen LogP contribution in [-0.4, -0.2) is 38.8 Å². The van der Waals surface area contributed by atoms with E-state index < -0.39 is 11.7 Å². The number of rotatable bonds is 2. The van der Waals surface area contributed by atoms with Gasteiger partial charge >= 0.3 is 6.09 Å². The molecule has 0 spiro atoms. The first kappa shape index (κ1) is 19.7. The van der Waals surface area contributed by atoms with Crippen molar-refractivity contribution in [1.29, 1.82) is 0 Å². The third-order valence-corrected chi connectivity index (χ3v) is 4.57. The monoisotopic (exact) mass is 385 g/mol. The number of nitrogens with one attached hydrogen (secondary N) is 1. The van der Waals surface area contributed by atoms with Crippen LogP contribution >= 0.6 is 0 Å². The minimum atomic E-state index is -0.574. The lowest BCUT2D eigenvalue weighted by molar-refractivity contribution is 0.0222. The fourth-order valence-corrected chi connectivity index (χ4v) is 3.22. The molecule has 2 aromatic rings. The zero-order valence-electron chi connectivity index (χ0n) is 17.0. The van der Waals surface area contributed by atoms with Crippen molar-refractivity contribution in [3.05, 3.63) is 40.7 Å². The van der Waals surface area contributed by atoms with E-state index in [2.05, 4.69) is 10.4 Å². The number of hydrogen-bond acceptors (Lipinski definition) is 5. The van der Waals surface area contributed by atoms with Crippen LogP contribution in [0.2, 0.25) is 0 Å². The summed E-state index contributed by atoms with van der Waals surface area (Å²) in [6.07, 6.45) is 0.217. The maximum absolute atomic E-state index is 12.9. The summed E-state index contributed by atoms with van der Waals surface area (Å²) in [5, 5.41) is 7.23. The molecule has 150 valence electrons. The second kappa shape index (κ2) is 7.18. The molecule has 0 aliphatic carbocycles. The highest BCUT2D eigenvalue weighted by molar-refractivity contribution is 6.05. The van der Waals surface area contributed by atoms with Gasteiger partial charge < -0.3 is 20.7 Å². The average molecular weight is 385 g/mol. The van der Waals surface area contributed by atoms with Crippen molar-refractivity contribution >= 4 is 23.4 Å². The Hall–Kier alpha value is -3.03. The van der Waals surface area contributed by atoms with Crippen molar-refractivity contribution in [3.63, 3.8) is 0 Å². The molecule has 8 heteroatoms. The molecule has 0 saturated carbocycles. The van der Waals surface area contributed by atoms with Gasteiger partial charge in [-0.2, -0.15) is 5.10 Å². The first-order valence-electron chi connectivity index (χ1n) is 9.25. The fourth-order valence-electron chi connectivity index (χ4n) is 3.22. The number of carbonyl (C=O) groups excluding carboxylic acids is 2. The van der Waals surface area contributed by atoms with E-state index in [0.717, 1.165) is 16.8 Å². The number of carbonyl (C=O) groups is 2. The van der Waals surface area contributed by atoms with Gasteiger partial charge in [0, 0.05) is 31.3 Å². The number of amides is 2. The van der Waals surface area contributed by atoms with Gasteiger partial charge in [0.2, 0.25) is 0 Å². The molecule has 3 rings (SSSR count). The Kier molecular flexibility index (Phi) is 5.06. The van der Waals surface area contributed by atoms with Gasteiger partial charge in [-0.3, -0.25) is 9.48 Å². The van der Waals surface area contributed by atoms with E-state index in [1.165, 1.54) is 0 Å². The third kappa shape index (κ3) is 4.11. The normalized spacial score (nSPS) is 13.8. The smallest absolute Gasteiger partial charge is 0.410 e. The predicted molar refractivity (Wildman–Crippen MR) is 107 cm³/mol. The molecule has 1 aromatic heterocycles. The highest BCUT2D eigenvalue weighted by Crippen LogP contribution is 2.26. The van der Waals surface area contributed by atoms with Crippen molar-refractivity contribution in [2.24, 2.45) is 7.05 Å². The van der Waals surface area contributed by atoms with E-state index >= 15 is 0 Å². The van der Waals surface area contributed by atoms with Crippen LogP contribution in [0.4, 0.5) is 16.2 Å². The summed E-state index contributed by atoms with van der Waals surface area (Å²) in [5.74, 6) is -0.347. The molecule has 0 atom stereocenters. The highest BCUT2D eigenvalue weighted by Gasteiger charge is 2.31. The second-order valence-electron chi connectivity index (χ2n) is 8.09. The quantitative estimate of drug-likeness (QED) is 0.774. The van der Waals surface area contributed by atoms with Gasteiger partial charge in [-0.1, -0.05) is 6.07 Å². The van der Waals surface area contributed by atoms with E-state index in [-0.39, 0.29) is 12.5 Å². The van der Waals surface area contributed by atoms with Crippen LogP contribution in [0.1, 0.15) is 48.1 Å². The van der Waals surface area contributed by atoms with E-state index in [9.17, 15) is 9.59 Å². The molecular formula is C20H27N5O3. The Labute approximate surface area is 164 Å². The van der Waals surface area contributed by atoms with Crippen molar-refractivity contribution < 1.29 is 14.3 Å². The third-order valence-electron chi connectivity index (χ3n) is 4.57. The maximum Gasteiger partial charge on any atom is 0.410 e. The Morgan fingerprint density at radius 3 is 2.68 bits per heavy atom. The van der Waals surface area contributed by atoms with E-state index in [4.69, 9.17) is 10.5 Å². The highest BCUT2D eigenvalue weighted by atomic mass is 16.6. The minimum Gasteiger partial charge on any atom is -0.444 e. The summed E-state index contributed by atoms with van der Waals surface area (Å²) in [4.78, 5) is 26.9. The van der Waals surface area contributed by atoms with Crippen molar-refractivity contribution in [2.45, 2.75) is 46.3 Å². The first-order chi connectivity index (χ1) is 13.0. The van der Waals surface area contributed by atoms with Gasteiger partial charge in [0.05, 0.1) is 17.9 Å². The SMILES string of the molecule is Cc1ccc(N)c(NC(=O)c2nn(C)c3c2CN(C(=O)OC(C)(C)C)CC3)c1. The Morgan fingerprint density at radius 2 is 2.00 bits per heavy atom. The van der Waals surface area contributed by atoms with Crippen molar-refractivity contribution in [1.82, 2.24) is 14.7 Å². The van der Waals surface area contributed by atoms with Crippen LogP contribution in [0, 0.1) is 6.92 Å². The molecule has 2 heterocycles. The zero-order valence-corrected chi connectivity index (χ0v) is 17.0. The van der Waals surface area contributed by atoms with Gasteiger partial charge in [0.25, 0.3) is 5.91 Å². The van der Waals surface area contributed by atoms with Gasteiger partial charge in [0.1, 0.15) is 5.60 Å². The van der Waals surface area contributed by atoms with Crippen LogP contribution in [0.15, 0.2) is 18.2 Å². The maximum atomic E-state index is 12.9. The number of nitrogens with two attached hydrogens (primary N) is 1. The first-order valence-corrected chi connectivity index (χ1v) is 9.25. The molecule has 0 saturated heterocycles. The number of hydrogen-bond donors (Lipinski definition) is 2. The summed E-state index contributed by atoms with van der Waals surface area (Å²) in [6.45, 7) is 8.22. The molecule has 0 fully saturated rings. The summed E-state index contributed by atoms with van der Waals surface area (Å²) < 4.78 is 7.17. The number of benzene rings is 1. The average Bonchev–Trinajstić information content (AvgIpc) is 2.93. The number of ether oxygens (including phenoxy) is 1. The number of fused-ring (bicyclic) bond motifs is 1.